The molecule has 1 aromatic carbocycles. The number of allylic oxidation sites excluding steroid dienone is 1. The van der Waals surface area contributed by atoms with Crippen LogP contribution in [0.15, 0.2) is 46.9 Å². The van der Waals surface area contributed by atoms with Crippen LogP contribution in [0.4, 0.5) is 0 Å². The molecule has 0 heterocycles. The molecule has 0 spiro atoms. The average Bonchev–Trinajstić information content (AvgIpc) is 2.28. The fourth-order valence-corrected chi connectivity index (χ4v) is 2.59. The molecule has 0 aromatic heterocycles. The highest BCUT2D eigenvalue weighted by atomic mass is 32.3. The monoisotopic (exact) mass is 238 g/mol. The summed E-state index contributed by atoms with van der Waals surface area (Å²) in [4.78, 5) is 12.8. The maximum Gasteiger partial charge on any atom is 0.344 e. The minimum Gasteiger partial charge on any atom is -0.408 e. The molecular weight excluding hydrogens is 220 g/mol. The summed E-state index contributed by atoms with van der Waals surface area (Å²) < 4.78 is 5.55. The van der Waals surface area contributed by atoms with Gasteiger partial charge in [0.15, 0.2) is 0 Å². The van der Waals surface area contributed by atoms with Crippen LogP contribution in [-0.4, -0.2) is 18.5 Å². The first kappa shape index (κ1) is 12.8. The van der Waals surface area contributed by atoms with Crippen molar-refractivity contribution in [2.45, 2.75) is 18.7 Å². The molecule has 0 amide bonds. The normalized spacial score (nSPS) is 13.4. The van der Waals surface area contributed by atoms with Gasteiger partial charge in [-0.05, 0) is 26.0 Å². The zero-order valence-corrected chi connectivity index (χ0v) is 11.0. The van der Waals surface area contributed by atoms with Gasteiger partial charge in [0.1, 0.15) is 0 Å². The minimum absolute atomic E-state index is 0.230. The number of hydrogen-bond acceptors (Lipinski definition) is 2. The summed E-state index contributed by atoms with van der Waals surface area (Å²) in [5.74, 6) is -0.230. The van der Waals surface area contributed by atoms with Crippen molar-refractivity contribution in [3.8, 4) is 0 Å². The van der Waals surface area contributed by atoms with Gasteiger partial charge in [-0.2, -0.15) is 0 Å². The minimum atomic E-state index is -1.51. The summed E-state index contributed by atoms with van der Waals surface area (Å²) in [6.45, 7) is 3.60. The zero-order chi connectivity index (χ0) is 12.2. The topological polar surface area (TPSA) is 26.3 Å². The van der Waals surface area contributed by atoms with Crippen LogP contribution >= 0.6 is 10.3 Å². The van der Waals surface area contributed by atoms with Crippen molar-refractivity contribution in [1.29, 1.82) is 0 Å². The van der Waals surface area contributed by atoms with Crippen LogP contribution in [0.2, 0.25) is 0 Å². The van der Waals surface area contributed by atoms with Gasteiger partial charge in [0.2, 0.25) is 0 Å². The molecule has 3 heteroatoms. The van der Waals surface area contributed by atoms with Gasteiger partial charge in [0.25, 0.3) is 0 Å². The van der Waals surface area contributed by atoms with Gasteiger partial charge in [-0.15, -0.1) is 0 Å². The predicted octanol–water partition coefficient (Wildman–Crippen LogP) is 3.53. The van der Waals surface area contributed by atoms with E-state index < -0.39 is 10.3 Å². The molecule has 0 fully saturated rings. The summed E-state index contributed by atoms with van der Waals surface area (Å²) in [6, 6.07) is 9.86. The van der Waals surface area contributed by atoms with E-state index in [1.54, 1.807) is 13.0 Å². The highest BCUT2D eigenvalue weighted by molar-refractivity contribution is 8.29. The lowest BCUT2D eigenvalue weighted by atomic mass is 10.3. The van der Waals surface area contributed by atoms with E-state index in [1.807, 2.05) is 49.8 Å². The van der Waals surface area contributed by atoms with Crippen molar-refractivity contribution in [3.63, 3.8) is 0 Å². The smallest absolute Gasteiger partial charge is 0.344 e. The second kappa shape index (κ2) is 5.21. The lowest BCUT2D eigenvalue weighted by Gasteiger charge is -2.30. The fraction of sp³-hybridized carbons (Fsp3) is 0.308. The maximum atomic E-state index is 11.7. The Balaban J connectivity index is 2.84. The molecule has 1 aromatic rings. The maximum absolute atomic E-state index is 11.7. The molecule has 0 atom stereocenters. The number of rotatable bonds is 3. The standard InChI is InChI=1S/C13H18O2S/c1-5-11(2)13(14)15-16(3,4)12-9-7-6-8-10-12/h5-10H,1-4H3. The molecule has 0 saturated carbocycles. The van der Waals surface area contributed by atoms with Gasteiger partial charge in [0.05, 0.1) is 0 Å². The van der Waals surface area contributed by atoms with E-state index in [0.29, 0.717) is 5.57 Å². The third-order valence-corrected chi connectivity index (χ3v) is 4.33. The van der Waals surface area contributed by atoms with Crippen LogP contribution in [0.25, 0.3) is 0 Å². The van der Waals surface area contributed by atoms with Gasteiger partial charge >= 0.3 is 5.97 Å². The quantitative estimate of drug-likeness (QED) is 0.753. The lowest BCUT2D eigenvalue weighted by Crippen LogP contribution is -2.10. The molecule has 16 heavy (non-hydrogen) atoms. The number of carbonyl (C=O) groups excluding carboxylic acids is 1. The molecule has 2 nitrogen and oxygen atoms in total. The third-order valence-electron chi connectivity index (χ3n) is 2.35. The number of benzene rings is 1. The molecule has 0 bridgehead atoms. The van der Waals surface area contributed by atoms with Crippen molar-refractivity contribution < 1.29 is 8.98 Å². The molecule has 0 aliphatic carbocycles. The zero-order valence-electron chi connectivity index (χ0n) is 10.2. The van der Waals surface area contributed by atoms with Gasteiger partial charge in [-0.3, -0.25) is 0 Å². The molecule has 0 aliphatic rings. The summed E-state index contributed by atoms with van der Waals surface area (Å²) in [7, 11) is -1.51. The highest BCUT2D eigenvalue weighted by Gasteiger charge is 2.20. The third kappa shape index (κ3) is 3.14. The van der Waals surface area contributed by atoms with Gasteiger partial charge in [-0.25, -0.2) is 4.79 Å². The highest BCUT2D eigenvalue weighted by Crippen LogP contribution is 2.50. The molecular formula is C13H18O2S. The summed E-state index contributed by atoms with van der Waals surface area (Å²) in [6.07, 6.45) is 5.72. The fourth-order valence-electron chi connectivity index (χ4n) is 1.17. The lowest BCUT2D eigenvalue weighted by molar-refractivity contribution is -0.129. The Bertz CT molecular complexity index is 394. The van der Waals surface area contributed by atoms with E-state index in [2.05, 4.69) is 0 Å². The van der Waals surface area contributed by atoms with Crippen molar-refractivity contribution in [2.75, 3.05) is 12.5 Å². The first-order valence-electron chi connectivity index (χ1n) is 5.12. The number of carbonyl (C=O) groups is 1. The van der Waals surface area contributed by atoms with E-state index in [-0.39, 0.29) is 5.97 Å². The Morgan fingerprint density at radius 2 is 1.81 bits per heavy atom. The van der Waals surface area contributed by atoms with E-state index in [4.69, 9.17) is 4.18 Å². The molecule has 0 unspecified atom stereocenters. The van der Waals surface area contributed by atoms with E-state index in [9.17, 15) is 4.79 Å². The molecule has 88 valence electrons. The largest absolute Gasteiger partial charge is 0.408 e. The molecule has 0 N–H and O–H groups in total. The van der Waals surface area contributed by atoms with Crippen LogP contribution in [0.1, 0.15) is 13.8 Å². The van der Waals surface area contributed by atoms with E-state index >= 15 is 0 Å². The van der Waals surface area contributed by atoms with Crippen LogP contribution in [-0.2, 0) is 8.98 Å². The molecule has 0 radical (unpaired) electrons. The second-order valence-corrected chi connectivity index (χ2v) is 6.99. The van der Waals surface area contributed by atoms with Crippen molar-refractivity contribution in [3.05, 3.63) is 42.0 Å². The van der Waals surface area contributed by atoms with Crippen molar-refractivity contribution >= 4 is 16.3 Å². The van der Waals surface area contributed by atoms with E-state index in [1.165, 1.54) is 0 Å². The van der Waals surface area contributed by atoms with Crippen LogP contribution < -0.4 is 0 Å². The molecule has 1 rings (SSSR count). The van der Waals surface area contributed by atoms with Crippen molar-refractivity contribution in [1.82, 2.24) is 0 Å². The van der Waals surface area contributed by atoms with Gasteiger partial charge in [0, 0.05) is 23.0 Å². The Hall–Kier alpha value is -1.22. The molecule has 0 saturated heterocycles. The van der Waals surface area contributed by atoms with E-state index in [0.717, 1.165) is 4.90 Å². The summed E-state index contributed by atoms with van der Waals surface area (Å²) in [5, 5.41) is 0. The first-order chi connectivity index (χ1) is 7.47. The SMILES string of the molecule is CC=C(C)C(=O)OS(C)(C)c1ccccc1. The first-order valence-corrected chi connectivity index (χ1v) is 7.50. The molecule has 0 aliphatic heterocycles. The second-order valence-electron chi connectivity index (χ2n) is 3.89. The summed E-state index contributed by atoms with van der Waals surface area (Å²) in [5.41, 5.74) is 0.650. The Kier molecular flexibility index (Phi) is 4.19. The Morgan fingerprint density at radius 1 is 1.25 bits per heavy atom. The average molecular weight is 238 g/mol. The van der Waals surface area contributed by atoms with Gasteiger partial charge < -0.3 is 4.18 Å². The van der Waals surface area contributed by atoms with Crippen LogP contribution in [0.5, 0.6) is 0 Å². The predicted molar refractivity (Wildman–Crippen MR) is 69.7 cm³/mol. The Morgan fingerprint density at radius 3 is 2.31 bits per heavy atom. The Labute approximate surface area is 98.8 Å². The van der Waals surface area contributed by atoms with Crippen LogP contribution in [0, 0.1) is 0 Å². The summed E-state index contributed by atoms with van der Waals surface area (Å²) >= 11 is 0. The van der Waals surface area contributed by atoms with Gasteiger partial charge in [-0.1, -0.05) is 34.6 Å². The van der Waals surface area contributed by atoms with Crippen molar-refractivity contribution in [2.24, 2.45) is 0 Å². The van der Waals surface area contributed by atoms with Crippen LogP contribution in [0.3, 0.4) is 0 Å². The number of hydrogen-bond donors (Lipinski definition) is 0.